The SMILES string of the molecule is N#CC1CCCCCC1NCc1cc2c(s1)CCC2. The van der Waals surface area contributed by atoms with E-state index in [9.17, 15) is 5.26 Å². The van der Waals surface area contributed by atoms with Crippen molar-refractivity contribution in [1.29, 1.82) is 5.26 Å². The quantitative estimate of drug-likeness (QED) is 0.851. The zero-order valence-corrected chi connectivity index (χ0v) is 12.3. The van der Waals surface area contributed by atoms with Crippen molar-refractivity contribution in [3.63, 3.8) is 0 Å². The Labute approximate surface area is 119 Å². The van der Waals surface area contributed by atoms with Gasteiger partial charge in [-0.15, -0.1) is 11.3 Å². The summed E-state index contributed by atoms with van der Waals surface area (Å²) in [5.41, 5.74) is 1.58. The Hall–Kier alpha value is -0.850. The van der Waals surface area contributed by atoms with Crippen LogP contribution >= 0.6 is 11.3 Å². The van der Waals surface area contributed by atoms with Gasteiger partial charge in [-0.1, -0.05) is 19.3 Å². The smallest absolute Gasteiger partial charge is 0.0672 e. The summed E-state index contributed by atoms with van der Waals surface area (Å²) < 4.78 is 0. The highest BCUT2D eigenvalue weighted by molar-refractivity contribution is 7.12. The lowest BCUT2D eigenvalue weighted by atomic mass is 9.96. The summed E-state index contributed by atoms with van der Waals surface area (Å²) in [7, 11) is 0. The lowest BCUT2D eigenvalue weighted by Gasteiger charge is -2.20. The number of hydrogen-bond donors (Lipinski definition) is 1. The zero-order valence-electron chi connectivity index (χ0n) is 11.5. The number of hydrogen-bond acceptors (Lipinski definition) is 3. The first-order valence-electron chi connectivity index (χ1n) is 7.60. The number of fused-ring (bicyclic) bond motifs is 1. The van der Waals surface area contributed by atoms with Gasteiger partial charge in [0.25, 0.3) is 0 Å². The summed E-state index contributed by atoms with van der Waals surface area (Å²) in [4.78, 5) is 3.07. The van der Waals surface area contributed by atoms with E-state index in [0.717, 1.165) is 13.0 Å². The fourth-order valence-electron chi connectivity index (χ4n) is 3.42. The second-order valence-corrected chi connectivity index (χ2v) is 7.10. The maximum Gasteiger partial charge on any atom is 0.0672 e. The Kier molecular flexibility index (Phi) is 4.20. The Bertz CT molecular complexity index is 450. The third kappa shape index (κ3) is 3.01. The largest absolute Gasteiger partial charge is 0.308 e. The number of aryl methyl sites for hydroxylation is 2. The Morgan fingerprint density at radius 1 is 1.21 bits per heavy atom. The molecule has 19 heavy (non-hydrogen) atoms. The maximum atomic E-state index is 9.29. The third-order valence-corrected chi connectivity index (χ3v) is 5.75. The Balaban J connectivity index is 1.59. The van der Waals surface area contributed by atoms with Gasteiger partial charge in [0, 0.05) is 22.3 Å². The fraction of sp³-hybridized carbons (Fsp3) is 0.688. The molecule has 0 aliphatic heterocycles. The average Bonchev–Trinajstić information content (AvgIpc) is 2.91. The second-order valence-electron chi connectivity index (χ2n) is 5.88. The van der Waals surface area contributed by atoms with E-state index in [1.54, 1.807) is 10.4 Å². The average molecular weight is 274 g/mol. The van der Waals surface area contributed by atoms with Crippen LogP contribution in [0, 0.1) is 17.2 Å². The molecule has 2 nitrogen and oxygen atoms in total. The van der Waals surface area contributed by atoms with Crippen LogP contribution in [0.2, 0.25) is 0 Å². The van der Waals surface area contributed by atoms with E-state index >= 15 is 0 Å². The van der Waals surface area contributed by atoms with E-state index in [1.807, 2.05) is 11.3 Å². The van der Waals surface area contributed by atoms with Gasteiger partial charge in [-0.2, -0.15) is 5.26 Å². The van der Waals surface area contributed by atoms with E-state index < -0.39 is 0 Å². The zero-order chi connectivity index (χ0) is 13.1. The van der Waals surface area contributed by atoms with Gasteiger partial charge in [-0.05, 0) is 43.7 Å². The molecule has 0 spiro atoms. The lowest BCUT2D eigenvalue weighted by molar-refractivity contribution is 0.395. The van der Waals surface area contributed by atoms with Crippen molar-refractivity contribution in [2.45, 2.75) is 64.0 Å². The van der Waals surface area contributed by atoms with Crippen LogP contribution in [0.1, 0.15) is 53.8 Å². The number of nitrogens with zero attached hydrogens (tertiary/aromatic N) is 1. The standard InChI is InChI=1S/C16H22N2S/c17-10-13-5-2-1-3-7-15(13)18-11-14-9-12-6-4-8-16(12)19-14/h9,13,15,18H,1-8,11H2. The van der Waals surface area contributed by atoms with Crippen molar-refractivity contribution in [3.05, 3.63) is 21.4 Å². The Morgan fingerprint density at radius 2 is 2.11 bits per heavy atom. The highest BCUT2D eigenvalue weighted by atomic mass is 32.1. The molecule has 1 aromatic rings. The van der Waals surface area contributed by atoms with Crippen LogP contribution < -0.4 is 5.32 Å². The van der Waals surface area contributed by atoms with E-state index in [1.165, 1.54) is 49.8 Å². The van der Waals surface area contributed by atoms with Gasteiger partial charge in [-0.3, -0.25) is 0 Å². The first-order chi connectivity index (χ1) is 9.36. The van der Waals surface area contributed by atoms with Crippen molar-refractivity contribution in [3.8, 4) is 6.07 Å². The number of rotatable bonds is 3. The molecule has 1 fully saturated rings. The van der Waals surface area contributed by atoms with Crippen LogP contribution in [-0.2, 0) is 19.4 Å². The van der Waals surface area contributed by atoms with Crippen LogP contribution in [0.4, 0.5) is 0 Å². The topological polar surface area (TPSA) is 35.8 Å². The van der Waals surface area contributed by atoms with Crippen molar-refractivity contribution in [1.82, 2.24) is 5.32 Å². The predicted molar refractivity (Wildman–Crippen MR) is 79.2 cm³/mol. The minimum atomic E-state index is 0.217. The summed E-state index contributed by atoms with van der Waals surface area (Å²) in [6.07, 6.45) is 9.94. The molecule has 1 aromatic heterocycles. The molecule has 0 aromatic carbocycles. The van der Waals surface area contributed by atoms with Gasteiger partial charge in [0.15, 0.2) is 0 Å². The van der Waals surface area contributed by atoms with Gasteiger partial charge in [0.1, 0.15) is 0 Å². The van der Waals surface area contributed by atoms with E-state index in [2.05, 4.69) is 17.5 Å². The summed E-state index contributed by atoms with van der Waals surface area (Å²) in [6.45, 7) is 0.959. The number of thiophene rings is 1. The molecule has 3 heteroatoms. The molecule has 0 saturated heterocycles. The first kappa shape index (κ1) is 13.1. The molecule has 1 heterocycles. The maximum absolute atomic E-state index is 9.29. The monoisotopic (exact) mass is 274 g/mol. The number of nitrogens with one attached hydrogen (secondary N) is 1. The lowest BCUT2D eigenvalue weighted by Crippen LogP contribution is -2.34. The number of nitriles is 1. The predicted octanol–water partition coefficient (Wildman–Crippen LogP) is 3.80. The molecular formula is C16H22N2S. The molecule has 3 rings (SSSR count). The van der Waals surface area contributed by atoms with Gasteiger partial charge in [0.2, 0.25) is 0 Å². The fourth-order valence-corrected chi connectivity index (χ4v) is 4.63. The molecule has 0 radical (unpaired) electrons. The Morgan fingerprint density at radius 3 is 2.95 bits per heavy atom. The molecule has 2 unspecified atom stereocenters. The molecule has 0 bridgehead atoms. The second kappa shape index (κ2) is 6.07. The summed E-state index contributed by atoms with van der Waals surface area (Å²) in [6, 6.07) is 5.30. The summed E-state index contributed by atoms with van der Waals surface area (Å²) in [5, 5.41) is 12.9. The van der Waals surface area contributed by atoms with Crippen molar-refractivity contribution < 1.29 is 0 Å². The van der Waals surface area contributed by atoms with E-state index in [4.69, 9.17) is 0 Å². The van der Waals surface area contributed by atoms with Crippen molar-refractivity contribution in [2.24, 2.45) is 5.92 Å². The van der Waals surface area contributed by atoms with Crippen LogP contribution in [0.25, 0.3) is 0 Å². The molecule has 2 aliphatic rings. The highest BCUT2D eigenvalue weighted by Crippen LogP contribution is 2.31. The van der Waals surface area contributed by atoms with E-state index in [-0.39, 0.29) is 5.92 Å². The van der Waals surface area contributed by atoms with Crippen molar-refractivity contribution >= 4 is 11.3 Å². The highest BCUT2D eigenvalue weighted by Gasteiger charge is 2.23. The van der Waals surface area contributed by atoms with Crippen LogP contribution in [0.15, 0.2) is 6.07 Å². The molecule has 1 N–H and O–H groups in total. The molecular weight excluding hydrogens is 252 g/mol. The molecule has 102 valence electrons. The van der Waals surface area contributed by atoms with Crippen molar-refractivity contribution in [2.75, 3.05) is 0 Å². The van der Waals surface area contributed by atoms with Gasteiger partial charge >= 0.3 is 0 Å². The van der Waals surface area contributed by atoms with Gasteiger partial charge < -0.3 is 5.32 Å². The van der Waals surface area contributed by atoms with Crippen LogP contribution in [0.5, 0.6) is 0 Å². The normalized spacial score (nSPS) is 26.7. The van der Waals surface area contributed by atoms with E-state index in [0.29, 0.717) is 6.04 Å². The molecule has 0 amide bonds. The third-order valence-electron chi connectivity index (χ3n) is 4.52. The van der Waals surface area contributed by atoms with Crippen LogP contribution in [0.3, 0.4) is 0 Å². The summed E-state index contributed by atoms with van der Waals surface area (Å²) >= 11 is 1.98. The van der Waals surface area contributed by atoms with Gasteiger partial charge in [0.05, 0.1) is 12.0 Å². The van der Waals surface area contributed by atoms with Gasteiger partial charge in [-0.25, -0.2) is 0 Å². The minimum absolute atomic E-state index is 0.217. The summed E-state index contributed by atoms with van der Waals surface area (Å²) in [5.74, 6) is 0.217. The van der Waals surface area contributed by atoms with Crippen LogP contribution in [-0.4, -0.2) is 6.04 Å². The minimum Gasteiger partial charge on any atom is -0.308 e. The molecule has 2 aliphatic carbocycles. The molecule has 1 saturated carbocycles. The molecule has 2 atom stereocenters. The first-order valence-corrected chi connectivity index (χ1v) is 8.42.